The van der Waals surface area contributed by atoms with Crippen LogP contribution in [0.15, 0.2) is 15.0 Å². The molecule has 8 heteroatoms. The van der Waals surface area contributed by atoms with E-state index in [0.717, 1.165) is 0 Å². The third-order valence-electron chi connectivity index (χ3n) is 4.32. The van der Waals surface area contributed by atoms with Crippen molar-refractivity contribution in [3.8, 4) is 17.5 Å². The van der Waals surface area contributed by atoms with E-state index in [-0.39, 0.29) is 24.1 Å². The number of nitriles is 1. The van der Waals surface area contributed by atoms with E-state index < -0.39 is 17.4 Å². The maximum absolute atomic E-state index is 14.1. The number of furan rings is 1. The topological polar surface area (TPSA) is 85.1 Å². The Balaban J connectivity index is 1.73. The molecule has 2 aromatic heterocycles. The minimum absolute atomic E-state index is 0.0442. The molecule has 0 amide bonds. The molecule has 0 spiro atoms. The average molecular weight is 307 g/mol. The normalized spacial score (nSPS) is 28.9. The monoisotopic (exact) mass is 307 g/mol. The lowest BCUT2D eigenvalue weighted by atomic mass is 10.1. The minimum Gasteiger partial charge on any atom is -0.450 e. The Hall–Kier alpha value is -2.27. The summed E-state index contributed by atoms with van der Waals surface area (Å²) < 4.78 is 43.8. The van der Waals surface area contributed by atoms with Crippen LogP contribution < -0.4 is 0 Å². The van der Waals surface area contributed by atoms with Crippen molar-refractivity contribution in [2.45, 2.75) is 31.3 Å². The van der Waals surface area contributed by atoms with Crippen LogP contribution in [-0.2, 0) is 10.3 Å². The van der Waals surface area contributed by atoms with Crippen LogP contribution in [0.1, 0.15) is 30.2 Å². The van der Waals surface area contributed by atoms with E-state index in [4.69, 9.17) is 18.9 Å². The molecular formula is C14H11F2N3O3. The number of aryl methyl sites for hydroxylation is 1. The molecule has 0 radical (unpaired) electrons. The third-order valence-corrected chi connectivity index (χ3v) is 4.32. The van der Waals surface area contributed by atoms with Gasteiger partial charge in [0.25, 0.3) is 11.8 Å². The van der Waals surface area contributed by atoms with Crippen molar-refractivity contribution in [1.29, 1.82) is 5.26 Å². The van der Waals surface area contributed by atoms with Crippen LogP contribution >= 0.6 is 0 Å². The highest BCUT2D eigenvalue weighted by molar-refractivity contribution is 5.57. The summed E-state index contributed by atoms with van der Waals surface area (Å²) in [6.45, 7) is 1.88. The Labute approximate surface area is 123 Å². The van der Waals surface area contributed by atoms with E-state index in [1.54, 1.807) is 6.92 Å². The lowest BCUT2D eigenvalue weighted by Crippen LogP contribution is -2.25. The molecule has 0 bridgehead atoms. The number of aromatic nitrogens is 2. The van der Waals surface area contributed by atoms with E-state index in [9.17, 15) is 8.78 Å². The average Bonchev–Trinajstić information content (AvgIpc) is 2.92. The van der Waals surface area contributed by atoms with E-state index >= 15 is 0 Å². The number of alkyl halides is 2. The molecule has 2 aliphatic rings. The van der Waals surface area contributed by atoms with E-state index in [1.165, 1.54) is 6.07 Å². The van der Waals surface area contributed by atoms with Gasteiger partial charge in [0, 0.05) is 12.7 Å². The summed E-state index contributed by atoms with van der Waals surface area (Å²) >= 11 is 0. The van der Waals surface area contributed by atoms with Crippen LogP contribution in [-0.4, -0.2) is 22.7 Å². The van der Waals surface area contributed by atoms with Gasteiger partial charge >= 0.3 is 0 Å². The van der Waals surface area contributed by atoms with Crippen molar-refractivity contribution in [1.82, 2.24) is 10.1 Å². The first kappa shape index (κ1) is 13.4. The lowest BCUT2D eigenvalue weighted by molar-refractivity contribution is -0.0704. The molecule has 1 aliphatic carbocycles. The number of rotatable bonds is 2. The number of hydrogen-bond acceptors (Lipinski definition) is 6. The van der Waals surface area contributed by atoms with Gasteiger partial charge in [0.2, 0.25) is 17.2 Å². The van der Waals surface area contributed by atoms with Gasteiger partial charge in [0.1, 0.15) is 11.8 Å². The van der Waals surface area contributed by atoms with Gasteiger partial charge in [-0.2, -0.15) is 10.2 Å². The van der Waals surface area contributed by atoms with Crippen LogP contribution in [0.2, 0.25) is 0 Å². The SMILES string of the molecule is Cc1oc(C#N)cc1-c1nc(C23OCCCC2C3(F)F)no1. The molecule has 2 fully saturated rings. The predicted octanol–water partition coefficient (Wildman–Crippen LogP) is 2.78. The molecule has 0 N–H and O–H groups in total. The van der Waals surface area contributed by atoms with Crippen molar-refractivity contribution < 1.29 is 22.5 Å². The number of ether oxygens (including phenoxy) is 1. The summed E-state index contributed by atoms with van der Waals surface area (Å²) in [6.07, 6.45) is 0.972. The molecule has 1 aliphatic heterocycles. The molecule has 6 nitrogen and oxygen atoms in total. The Morgan fingerprint density at radius 3 is 2.95 bits per heavy atom. The highest BCUT2D eigenvalue weighted by Gasteiger charge is 2.85. The number of hydrogen-bond donors (Lipinski definition) is 0. The fraction of sp³-hybridized carbons (Fsp3) is 0.500. The van der Waals surface area contributed by atoms with Crippen LogP contribution in [0.3, 0.4) is 0 Å². The predicted molar refractivity (Wildman–Crippen MR) is 66.8 cm³/mol. The van der Waals surface area contributed by atoms with Gasteiger partial charge < -0.3 is 13.7 Å². The van der Waals surface area contributed by atoms with Crippen LogP contribution in [0.5, 0.6) is 0 Å². The highest BCUT2D eigenvalue weighted by Crippen LogP contribution is 2.70. The molecule has 2 atom stereocenters. The van der Waals surface area contributed by atoms with Gasteiger partial charge in [0.05, 0.1) is 11.5 Å². The summed E-state index contributed by atoms with van der Waals surface area (Å²) in [5, 5.41) is 12.5. The first-order valence-corrected chi connectivity index (χ1v) is 6.87. The Morgan fingerprint density at radius 1 is 1.45 bits per heavy atom. The fourth-order valence-electron chi connectivity index (χ4n) is 3.15. The fourth-order valence-corrected chi connectivity index (χ4v) is 3.15. The van der Waals surface area contributed by atoms with Gasteiger partial charge in [-0.15, -0.1) is 0 Å². The molecule has 22 heavy (non-hydrogen) atoms. The molecule has 2 unspecified atom stereocenters. The van der Waals surface area contributed by atoms with Crippen molar-refractivity contribution in [3.05, 3.63) is 23.4 Å². The largest absolute Gasteiger partial charge is 0.450 e. The Morgan fingerprint density at radius 2 is 2.27 bits per heavy atom. The second-order valence-electron chi connectivity index (χ2n) is 5.52. The Kier molecular flexibility index (Phi) is 2.52. The van der Waals surface area contributed by atoms with E-state index in [1.807, 2.05) is 6.07 Å². The molecule has 2 aromatic rings. The highest BCUT2D eigenvalue weighted by atomic mass is 19.3. The van der Waals surface area contributed by atoms with Gasteiger partial charge in [-0.1, -0.05) is 5.16 Å². The van der Waals surface area contributed by atoms with Crippen LogP contribution in [0.4, 0.5) is 8.78 Å². The van der Waals surface area contributed by atoms with Gasteiger partial charge in [-0.3, -0.25) is 0 Å². The molecule has 114 valence electrons. The van der Waals surface area contributed by atoms with Crippen LogP contribution in [0.25, 0.3) is 11.5 Å². The summed E-state index contributed by atoms with van der Waals surface area (Å²) in [7, 11) is 0. The number of nitrogens with zero attached hydrogens (tertiary/aromatic N) is 3. The second-order valence-corrected chi connectivity index (χ2v) is 5.52. The van der Waals surface area contributed by atoms with Crippen molar-refractivity contribution in [2.75, 3.05) is 6.61 Å². The minimum atomic E-state index is -2.98. The summed E-state index contributed by atoms with van der Waals surface area (Å²) in [5.41, 5.74) is -1.34. The number of fused-ring (bicyclic) bond motifs is 1. The maximum atomic E-state index is 14.1. The van der Waals surface area contributed by atoms with Gasteiger partial charge in [-0.25, -0.2) is 8.78 Å². The van der Waals surface area contributed by atoms with E-state index in [2.05, 4.69) is 10.1 Å². The lowest BCUT2D eigenvalue weighted by Gasteiger charge is -2.17. The Bertz CT molecular complexity index is 792. The second kappa shape index (κ2) is 4.14. The zero-order valence-electron chi connectivity index (χ0n) is 11.6. The standard InChI is InChI=1S/C14H11F2N3O3/c1-7-9(5-8(6-17)21-7)11-18-12(19-22-11)13-10(14(13,15)16)3-2-4-20-13/h5,10H,2-4H2,1H3. The first-order chi connectivity index (χ1) is 10.5. The third kappa shape index (κ3) is 1.49. The quantitative estimate of drug-likeness (QED) is 0.848. The molecule has 1 saturated carbocycles. The number of halogens is 2. The molecule has 4 rings (SSSR count). The zero-order valence-corrected chi connectivity index (χ0v) is 11.6. The van der Waals surface area contributed by atoms with Crippen molar-refractivity contribution in [2.24, 2.45) is 5.92 Å². The smallest absolute Gasteiger partial charge is 0.290 e. The van der Waals surface area contributed by atoms with Crippen molar-refractivity contribution >= 4 is 0 Å². The van der Waals surface area contributed by atoms with E-state index in [0.29, 0.717) is 24.2 Å². The first-order valence-electron chi connectivity index (χ1n) is 6.87. The van der Waals surface area contributed by atoms with Crippen LogP contribution in [0, 0.1) is 24.2 Å². The molecule has 0 aromatic carbocycles. The zero-order chi connectivity index (χ0) is 15.5. The molecule has 1 saturated heterocycles. The van der Waals surface area contributed by atoms with Gasteiger partial charge in [0.15, 0.2) is 0 Å². The van der Waals surface area contributed by atoms with Crippen molar-refractivity contribution in [3.63, 3.8) is 0 Å². The molecule has 3 heterocycles. The summed E-state index contributed by atoms with van der Waals surface area (Å²) in [5.74, 6) is -3.48. The van der Waals surface area contributed by atoms with Gasteiger partial charge in [-0.05, 0) is 19.8 Å². The summed E-state index contributed by atoms with van der Waals surface area (Å²) in [4.78, 5) is 4.07. The maximum Gasteiger partial charge on any atom is 0.290 e. The summed E-state index contributed by atoms with van der Waals surface area (Å²) in [6, 6.07) is 3.29. The molecular weight excluding hydrogens is 296 g/mol.